The van der Waals surface area contributed by atoms with Crippen molar-refractivity contribution in [3.05, 3.63) is 74.4 Å². The van der Waals surface area contributed by atoms with Gasteiger partial charge in [0.1, 0.15) is 10.7 Å². The Labute approximate surface area is 176 Å². The molecular formula is C19H11BrClFN4OS. The maximum Gasteiger partial charge on any atom is 0.283 e. The van der Waals surface area contributed by atoms with Gasteiger partial charge in [-0.15, -0.1) is 11.3 Å². The van der Waals surface area contributed by atoms with Gasteiger partial charge in [-0.2, -0.15) is 10.2 Å². The molecule has 0 spiro atoms. The highest BCUT2D eigenvalue weighted by atomic mass is 79.9. The van der Waals surface area contributed by atoms with Crippen LogP contribution in [0.15, 0.2) is 58.2 Å². The summed E-state index contributed by atoms with van der Waals surface area (Å²) in [6.07, 6.45) is 3.04. The smallest absolute Gasteiger partial charge is 0.277 e. The molecule has 28 heavy (non-hydrogen) atoms. The van der Waals surface area contributed by atoms with Gasteiger partial charge in [0.25, 0.3) is 5.91 Å². The number of benzene rings is 2. The second-order valence-electron chi connectivity index (χ2n) is 5.76. The van der Waals surface area contributed by atoms with Gasteiger partial charge in [0.2, 0.25) is 0 Å². The predicted octanol–water partition coefficient (Wildman–Crippen LogP) is 5.61. The number of amides is 1. The van der Waals surface area contributed by atoms with Crippen molar-refractivity contribution in [2.24, 2.45) is 5.10 Å². The number of fused-ring (bicyclic) bond motifs is 1. The summed E-state index contributed by atoms with van der Waals surface area (Å²) >= 11 is 11.1. The first-order chi connectivity index (χ1) is 13.5. The van der Waals surface area contributed by atoms with Crippen molar-refractivity contribution >= 4 is 61.1 Å². The zero-order valence-electron chi connectivity index (χ0n) is 14.0. The average molecular weight is 478 g/mol. The van der Waals surface area contributed by atoms with E-state index in [4.69, 9.17) is 11.6 Å². The van der Waals surface area contributed by atoms with E-state index in [1.54, 1.807) is 18.3 Å². The Balaban J connectivity index is 1.54. The number of carbonyl (C=O) groups excluding carboxylic acids is 1. The summed E-state index contributed by atoms with van der Waals surface area (Å²) in [6, 6.07) is 11.6. The van der Waals surface area contributed by atoms with Gasteiger partial charge in [-0.3, -0.25) is 9.89 Å². The molecule has 0 aliphatic rings. The number of hydrogen-bond donors (Lipinski definition) is 2. The van der Waals surface area contributed by atoms with Crippen molar-refractivity contribution in [2.45, 2.75) is 0 Å². The van der Waals surface area contributed by atoms with Crippen LogP contribution in [0.2, 0.25) is 5.02 Å². The molecule has 2 aromatic heterocycles. The zero-order chi connectivity index (χ0) is 19.7. The van der Waals surface area contributed by atoms with E-state index in [0.29, 0.717) is 21.2 Å². The second kappa shape index (κ2) is 7.83. The number of nitrogens with zero attached hydrogens (tertiary/aromatic N) is 2. The Morgan fingerprint density at radius 1 is 1.29 bits per heavy atom. The van der Waals surface area contributed by atoms with Gasteiger partial charge in [-0.05, 0) is 36.4 Å². The molecule has 0 saturated carbocycles. The van der Waals surface area contributed by atoms with Crippen molar-refractivity contribution in [3.8, 4) is 11.3 Å². The van der Waals surface area contributed by atoms with Crippen LogP contribution in [0.4, 0.5) is 4.39 Å². The van der Waals surface area contributed by atoms with Crippen LogP contribution in [0, 0.1) is 5.82 Å². The standard InChI is InChI=1S/C19H11BrClFN4OS/c20-13-2-1-3-14-15(13)16(21)18(28-14)19(27)26-24-9-11-8-23-25-17(11)10-4-6-12(22)7-5-10/h1-9H,(H,23,25)(H,26,27). The average Bonchev–Trinajstić information content (AvgIpc) is 3.28. The summed E-state index contributed by atoms with van der Waals surface area (Å²) in [5.74, 6) is -0.723. The number of carbonyl (C=O) groups is 1. The molecule has 4 aromatic rings. The molecule has 0 saturated heterocycles. The van der Waals surface area contributed by atoms with E-state index in [1.165, 1.54) is 29.7 Å². The van der Waals surface area contributed by atoms with E-state index in [9.17, 15) is 9.18 Å². The van der Waals surface area contributed by atoms with Gasteiger partial charge in [-0.1, -0.05) is 33.6 Å². The highest BCUT2D eigenvalue weighted by Crippen LogP contribution is 2.39. The summed E-state index contributed by atoms with van der Waals surface area (Å²) in [7, 11) is 0. The lowest BCUT2D eigenvalue weighted by Gasteiger charge is -2.00. The monoisotopic (exact) mass is 476 g/mol. The molecule has 1 amide bonds. The quantitative estimate of drug-likeness (QED) is 0.296. The molecular weight excluding hydrogens is 467 g/mol. The highest BCUT2D eigenvalue weighted by Gasteiger charge is 2.18. The third-order valence-corrected chi connectivity index (χ3v) is 6.29. The van der Waals surface area contributed by atoms with Crippen molar-refractivity contribution in [1.29, 1.82) is 0 Å². The normalized spacial score (nSPS) is 11.4. The Hall–Kier alpha value is -2.55. The van der Waals surface area contributed by atoms with Crippen LogP contribution in [-0.4, -0.2) is 22.3 Å². The van der Waals surface area contributed by atoms with Gasteiger partial charge in [0.15, 0.2) is 0 Å². The van der Waals surface area contributed by atoms with E-state index in [0.717, 1.165) is 20.1 Å². The van der Waals surface area contributed by atoms with Gasteiger partial charge >= 0.3 is 0 Å². The van der Waals surface area contributed by atoms with Crippen molar-refractivity contribution in [2.75, 3.05) is 0 Å². The Kier molecular flexibility index (Phi) is 5.25. The van der Waals surface area contributed by atoms with E-state index in [1.807, 2.05) is 18.2 Å². The number of H-pyrrole nitrogens is 1. The van der Waals surface area contributed by atoms with Crippen molar-refractivity contribution < 1.29 is 9.18 Å². The number of hydrogen-bond acceptors (Lipinski definition) is 4. The summed E-state index contributed by atoms with van der Waals surface area (Å²) in [5, 5.41) is 12.0. The molecule has 4 rings (SSSR count). The Morgan fingerprint density at radius 3 is 2.82 bits per heavy atom. The summed E-state index contributed by atoms with van der Waals surface area (Å²) in [6.45, 7) is 0. The topological polar surface area (TPSA) is 70.1 Å². The maximum atomic E-state index is 13.1. The van der Waals surface area contributed by atoms with Crippen LogP contribution < -0.4 is 5.43 Å². The lowest BCUT2D eigenvalue weighted by Crippen LogP contribution is -2.16. The van der Waals surface area contributed by atoms with Crippen LogP contribution in [0.3, 0.4) is 0 Å². The number of aromatic nitrogens is 2. The Morgan fingerprint density at radius 2 is 2.07 bits per heavy atom. The fraction of sp³-hybridized carbons (Fsp3) is 0. The Bertz CT molecular complexity index is 1200. The molecule has 0 unspecified atom stereocenters. The van der Waals surface area contributed by atoms with Crippen LogP contribution in [0.1, 0.15) is 15.2 Å². The zero-order valence-corrected chi connectivity index (χ0v) is 17.2. The number of hydrazone groups is 1. The second-order valence-corrected chi connectivity index (χ2v) is 8.05. The van der Waals surface area contributed by atoms with Crippen molar-refractivity contribution in [3.63, 3.8) is 0 Å². The van der Waals surface area contributed by atoms with Crippen LogP contribution in [-0.2, 0) is 0 Å². The van der Waals surface area contributed by atoms with Crippen LogP contribution in [0.25, 0.3) is 21.3 Å². The first kappa shape index (κ1) is 18.8. The first-order valence-corrected chi connectivity index (χ1v) is 10.0. The van der Waals surface area contributed by atoms with Crippen molar-refractivity contribution in [1.82, 2.24) is 15.6 Å². The third kappa shape index (κ3) is 3.58. The summed E-state index contributed by atoms with van der Waals surface area (Å²) in [5.41, 5.74) is 4.56. The predicted molar refractivity (Wildman–Crippen MR) is 114 cm³/mol. The van der Waals surface area contributed by atoms with Crippen LogP contribution >= 0.6 is 38.9 Å². The number of nitrogens with one attached hydrogen (secondary N) is 2. The van der Waals surface area contributed by atoms with E-state index in [2.05, 4.69) is 36.7 Å². The number of halogens is 3. The minimum atomic E-state index is -0.402. The molecule has 2 heterocycles. The highest BCUT2D eigenvalue weighted by molar-refractivity contribution is 9.10. The van der Waals surface area contributed by atoms with E-state index >= 15 is 0 Å². The van der Waals surface area contributed by atoms with Gasteiger partial charge in [0, 0.05) is 25.7 Å². The molecule has 2 aromatic carbocycles. The fourth-order valence-corrected chi connectivity index (χ4v) is 4.95. The molecule has 9 heteroatoms. The molecule has 0 fully saturated rings. The molecule has 2 N–H and O–H groups in total. The lowest BCUT2D eigenvalue weighted by molar-refractivity contribution is 0.0959. The summed E-state index contributed by atoms with van der Waals surface area (Å²) < 4.78 is 14.8. The lowest BCUT2D eigenvalue weighted by atomic mass is 10.1. The van der Waals surface area contributed by atoms with E-state index < -0.39 is 5.91 Å². The van der Waals surface area contributed by atoms with Crippen LogP contribution in [0.5, 0.6) is 0 Å². The fourth-order valence-electron chi connectivity index (χ4n) is 2.67. The third-order valence-electron chi connectivity index (χ3n) is 3.98. The molecule has 5 nitrogen and oxygen atoms in total. The van der Waals surface area contributed by atoms with Gasteiger partial charge < -0.3 is 0 Å². The minimum absolute atomic E-state index is 0.322. The molecule has 0 bridgehead atoms. The number of rotatable bonds is 4. The minimum Gasteiger partial charge on any atom is -0.277 e. The van der Waals surface area contributed by atoms with Gasteiger partial charge in [0.05, 0.1) is 23.1 Å². The molecule has 140 valence electrons. The van der Waals surface area contributed by atoms with E-state index in [-0.39, 0.29) is 5.82 Å². The SMILES string of the molecule is O=C(NN=Cc1cn[nH]c1-c1ccc(F)cc1)c1sc2cccc(Br)c2c1Cl. The number of aromatic amines is 1. The summed E-state index contributed by atoms with van der Waals surface area (Å²) in [4.78, 5) is 12.9. The largest absolute Gasteiger partial charge is 0.283 e. The van der Waals surface area contributed by atoms with Gasteiger partial charge in [-0.25, -0.2) is 9.82 Å². The first-order valence-electron chi connectivity index (χ1n) is 8.04. The molecule has 0 aliphatic heterocycles. The molecule has 0 atom stereocenters. The maximum absolute atomic E-state index is 13.1. The number of thiophene rings is 1. The molecule has 0 radical (unpaired) electrons. The molecule has 0 aliphatic carbocycles.